The van der Waals surface area contributed by atoms with Crippen LogP contribution in [0, 0.1) is 5.82 Å². The summed E-state index contributed by atoms with van der Waals surface area (Å²) in [6.07, 6.45) is 5.13. The van der Waals surface area contributed by atoms with Crippen molar-refractivity contribution in [3.63, 3.8) is 0 Å². The van der Waals surface area contributed by atoms with Crippen molar-refractivity contribution >= 4 is 27.7 Å². The van der Waals surface area contributed by atoms with E-state index < -0.39 is 39.6 Å². The number of hydrogen-bond donors (Lipinski definition) is 1. The molecule has 8 nitrogen and oxygen atoms in total. The van der Waals surface area contributed by atoms with Crippen LogP contribution in [-0.2, 0) is 14.8 Å². The Kier molecular flexibility index (Phi) is 9.79. The Bertz CT molecular complexity index is 1330. The number of carbonyl (C=O) groups excluding carboxylic acids is 1. The summed E-state index contributed by atoms with van der Waals surface area (Å²) in [7, 11) is -4.05. The lowest BCUT2D eigenvalue weighted by atomic mass is 9.90. The molecule has 1 amide bonds. The lowest BCUT2D eigenvalue weighted by molar-refractivity contribution is -0.0143. The normalized spacial score (nSPS) is 23.2. The minimum atomic E-state index is -4.05. The van der Waals surface area contributed by atoms with E-state index in [1.54, 1.807) is 29.2 Å². The summed E-state index contributed by atoms with van der Waals surface area (Å²) in [6.45, 7) is 4.86. The Labute approximate surface area is 253 Å². The van der Waals surface area contributed by atoms with Crippen molar-refractivity contribution in [2.75, 3.05) is 32.8 Å². The highest BCUT2D eigenvalue weighted by molar-refractivity contribution is 7.89. The third kappa shape index (κ3) is 6.63. The number of benzene rings is 2. The highest BCUT2D eigenvalue weighted by Crippen LogP contribution is 2.52. The van der Waals surface area contributed by atoms with Gasteiger partial charge in [-0.15, -0.1) is 0 Å². The Morgan fingerprint density at radius 3 is 2.43 bits per heavy atom. The van der Waals surface area contributed by atoms with Gasteiger partial charge >= 0.3 is 6.09 Å². The zero-order valence-electron chi connectivity index (χ0n) is 24.1. The van der Waals surface area contributed by atoms with Crippen molar-refractivity contribution in [1.29, 1.82) is 0 Å². The summed E-state index contributed by atoms with van der Waals surface area (Å²) in [5.41, 5.74) is -0.342. The van der Waals surface area contributed by atoms with Crippen LogP contribution < -0.4 is 0 Å². The monoisotopic (exact) mass is 621 g/mol. The summed E-state index contributed by atoms with van der Waals surface area (Å²) in [6, 6.07) is 11.3. The molecule has 230 valence electrons. The van der Waals surface area contributed by atoms with E-state index in [2.05, 4.69) is 11.8 Å². The van der Waals surface area contributed by atoms with Gasteiger partial charge in [0, 0.05) is 30.7 Å². The number of piperidine rings is 2. The maximum Gasteiger partial charge on any atom is 0.410 e. The number of aliphatic hydroxyl groups is 1. The Hall–Kier alpha value is -2.24. The topological polar surface area (TPSA) is 90.4 Å². The molecule has 0 unspecified atom stereocenters. The molecule has 2 aromatic rings. The fourth-order valence-corrected chi connectivity index (χ4v) is 8.78. The van der Waals surface area contributed by atoms with Crippen molar-refractivity contribution in [1.82, 2.24) is 14.1 Å². The zero-order valence-corrected chi connectivity index (χ0v) is 25.7. The molecule has 2 heterocycles. The van der Waals surface area contributed by atoms with E-state index in [0.717, 1.165) is 32.2 Å². The minimum absolute atomic E-state index is 0.101. The van der Waals surface area contributed by atoms with Gasteiger partial charge in [0.25, 0.3) is 0 Å². The number of likely N-dealkylation sites (tertiary alicyclic amines) is 1. The standard InChI is InChI=1S/C31H41ClFN3O5S/c1-2-17-34(20-21-37)26-13-18-35(19-14-26)30(38)41-31(15-16-31)29-8-4-7-28(23-5-3-6-25(33)22-23)36(29)42(39,40)27-11-9-24(32)10-12-27/h3,5-6,9-12,22,26,28-29,37H,2,4,7-8,13-21H2,1H3/t28-,29+/m0/s1. The van der Waals surface area contributed by atoms with Gasteiger partial charge in [-0.1, -0.05) is 30.7 Å². The quantitative estimate of drug-likeness (QED) is 0.371. The van der Waals surface area contributed by atoms with Gasteiger partial charge in [-0.3, -0.25) is 4.90 Å². The summed E-state index contributed by atoms with van der Waals surface area (Å²) < 4.78 is 50.6. The number of carbonyl (C=O) groups is 1. The molecule has 5 rings (SSSR count). The lowest BCUT2D eigenvalue weighted by Crippen LogP contribution is -2.55. The van der Waals surface area contributed by atoms with Crippen LogP contribution in [0.15, 0.2) is 53.4 Å². The number of aliphatic hydroxyl groups excluding tert-OH is 1. The number of amides is 1. The largest absolute Gasteiger partial charge is 0.441 e. The maximum atomic E-state index is 14.3. The SMILES string of the molecule is CCCN(CCO)C1CCN(C(=O)OC2([C@H]3CCC[C@@H](c4cccc(F)c4)N3S(=O)(=O)c3ccc(Cl)cc3)CC2)CC1. The smallest absolute Gasteiger partial charge is 0.410 e. The number of halogens is 2. The molecule has 1 saturated carbocycles. The molecule has 0 radical (unpaired) electrons. The molecule has 1 N–H and O–H groups in total. The first-order valence-electron chi connectivity index (χ1n) is 15.1. The van der Waals surface area contributed by atoms with Crippen LogP contribution in [0.25, 0.3) is 0 Å². The molecule has 0 bridgehead atoms. The number of sulfonamides is 1. The zero-order chi connectivity index (χ0) is 29.9. The highest BCUT2D eigenvalue weighted by atomic mass is 35.5. The van der Waals surface area contributed by atoms with Crippen molar-refractivity contribution in [3.8, 4) is 0 Å². The summed E-state index contributed by atoms with van der Waals surface area (Å²) >= 11 is 6.06. The molecule has 11 heteroatoms. The molecular formula is C31H41ClFN3O5S. The minimum Gasteiger partial charge on any atom is -0.441 e. The predicted molar refractivity (Wildman–Crippen MR) is 159 cm³/mol. The van der Waals surface area contributed by atoms with Crippen LogP contribution in [0.5, 0.6) is 0 Å². The number of hydrogen-bond acceptors (Lipinski definition) is 6. The molecule has 2 atom stereocenters. The van der Waals surface area contributed by atoms with Crippen molar-refractivity contribution in [2.24, 2.45) is 0 Å². The van der Waals surface area contributed by atoms with E-state index >= 15 is 0 Å². The van der Waals surface area contributed by atoms with Gasteiger partial charge in [0.1, 0.15) is 11.4 Å². The number of nitrogens with zero attached hydrogens (tertiary/aromatic N) is 3. The van der Waals surface area contributed by atoms with Gasteiger partial charge in [0.15, 0.2) is 0 Å². The second-order valence-corrected chi connectivity index (χ2v) is 14.0. The van der Waals surface area contributed by atoms with E-state index in [0.29, 0.717) is 61.9 Å². The molecule has 1 aliphatic carbocycles. The van der Waals surface area contributed by atoms with E-state index in [9.17, 15) is 22.7 Å². The summed E-state index contributed by atoms with van der Waals surface area (Å²) in [4.78, 5) is 17.6. The lowest BCUT2D eigenvalue weighted by Gasteiger charge is -2.45. The Balaban J connectivity index is 1.38. The third-order valence-corrected chi connectivity index (χ3v) is 11.2. The number of rotatable bonds is 10. The first-order valence-corrected chi connectivity index (χ1v) is 16.9. The molecule has 3 fully saturated rings. The molecule has 0 spiro atoms. The van der Waals surface area contributed by atoms with E-state index in [1.165, 1.54) is 28.6 Å². The van der Waals surface area contributed by atoms with Gasteiger partial charge in [0.2, 0.25) is 10.0 Å². The molecule has 2 saturated heterocycles. The fourth-order valence-electron chi connectivity index (χ4n) is 6.73. The van der Waals surface area contributed by atoms with Crippen molar-refractivity contribution < 1.29 is 27.4 Å². The first kappa shape index (κ1) is 31.2. The van der Waals surface area contributed by atoms with Crippen LogP contribution >= 0.6 is 11.6 Å². The van der Waals surface area contributed by atoms with Gasteiger partial charge in [-0.05, 0) is 99.9 Å². The van der Waals surface area contributed by atoms with Crippen LogP contribution in [0.3, 0.4) is 0 Å². The Morgan fingerprint density at radius 2 is 1.81 bits per heavy atom. The van der Waals surface area contributed by atoms with E-state index in [1.807, 2.05) is 0 Å². The summed E-state index contributed by atoms with van der Waals surface area (Å²) in [5.74, 6) is -0.425. The molecule has 2 aliphatic heterocycles. The molecule has 42 heavy (non-hydrogen) atoms. The van der Waals surface area contributed by atoms with E-state index in [4.69, 9.17) is 16.3 Å². The molecule has 0 aromatic heterocycles. The Morgan fingerprint density at radius 1 is 1.10 bits per heavy atom. The van der Waals surface area contributed by atoms with Gasteiger partial charge in [-0.25, -0.2) is 17.6 Å². The van der Waals surface area contributed by atoms with Crippen LogP contribution in [0.2, 0.25) is 5.02 Å². The van der Waals surface area contributed by atoms with Crippen LogP contribution in [0.4, 0.5) is 9.18 Å². The first-order chi connectivity index (χ1) is 20.2. The van der Waals surface area contributed by atoms with Gasteiger partial charge in [0.05, 0.1) is 23.6 Å². The summed E-state index contributed by atoms with van der Waals surface area (Å²) in [5, 5.41) is 9.89. The van der Waals surface area contributed by atoms with Crippen LogP contribution in [-0.4, -0.2) is 84.2 Å². The second-order valence-electron chi connectivity index (χ2n) is 11.7. The van der Waals surface area contributed by atoms with E-state index in [-0.39, 0.29) is 11.5 Å². The second kappa shape index (κ2) is 13.2. The van der Waals surface area contributed by atoms with Crippen LogP contribution in [0.1, 0.15) is 69.9 Å². The van der Waals surface area contributed by atoms with Crippen molar-refractivity contribution in [2.45, 2.75) is 86.9 Å². The van der Waals surface area contributed by atoms with Gasteiger partial charge in [-0.2, -0.15) is 4.31 Å². The predicted octanol–water partition coefficient (Wildman–Crippen LogP) is 5.60. The molecule has 2 aromatic carbocycles. The van der Waals surface area contributed by atoms with Crippen molar-refractivity contribution in [3.05, 3.63) is 64.9 Å². The number of ether oxygens (including phenoxy) is 1. The maximum absolute atomic E-state index is 14.3. The highest BCUT2D eigenvalue weighted by Gasteiger charge is 2.60. The molecule has 3 aliphatic rings. The van der Waals surface area contributed by atoms with Gasteiger partial charge < -0.3 is 14.7 Å². The fraction of sp³-hybridized carbons (Fsp3) is 0.581. The third-order valence-electron chi connectivity index (χ3n) is 8.97. The molecular weight excluding hydrogens is 581 g/mol. The average molecular weight is 622 g/mol. The average Bonchev–Trinajstić information content (AvgIpc) is 3.77.